The van der Waals surface area contributed by atoms with Gasteiger partial charge in [-0.15, -0.1) is 0 Å². The Kier molecular flexibility index (Phi) is 2.87. The number of hydrogen-bond donors (Lipinski definition) is 0. The molecule has 0 fully saturated rings. The maximum atomic E-state index is 11.3. The minimum atomic E-state index is -0.354. The number of esters is 1. The third-order valence-electron chi connectivity index (χ3n) is 1.96. The van der Waals surface area contributed by atoms with E-state index >= 15 is 0 Å². The van der Waals surface area contributed by atoms with Crippen LogP contribution >= 0.6 is 11.8 Å². The molecule has 0 unspecified atom stereocenters. The van der Waals surface area contributed by atoms with Gasteiger partial charge in [0, 0.05) is 11.4 Å². The lowest BCUT2D eigenvalue weighted by molar-refractivity contribution is -0.135. The Morgan fingerprint density at radius 1 is 1.40 bits per heavy atom. The van der Waals surface area contributed by atoms with Crippen molar-refractivity contribution in [3.05, 3.63) is 45.9 Å². The summed E-state index contributed by atoms with van der Waals surface area (Å²) in [6, 6.07) is 7.72. The molecule has 0 aromatic heterocycles. The number of rotatable bonds is 1. The quantitative estimate of drug-likeness (QED) is 0.656. The average molecular weight is 219 g/mol. The smallest absolute Gasteiger partial charge is 0.346 e. The second-order valence-electron chi connectivity index (χ2n) is 2.91. The first-order chi connectivity index (χ1) is 7.31. The van der Waals surface area contributed by atoms with Crippen LogP contribution in [0.1, 0.15) is 0 Å². The third-order valence-corrected chi connectivity index (χ3v) is 2.85. The Morgan fingerprint density at radius 2 is 2.20 bits per heavy atom. The fourth-order valence-electron chi connectivity index (χ4n) is 1.19. The van der Waals surface area contributed by atoms with E-state index in [0.29, 0.717) is 4.91 Å². The number of para-hydroxylation sites is 1. The zero-order chi connectivity index (χ0) is 10.7. The Balaban J connectivity index is 2.47. The van der Waals surface area contributed by atoms with Crippen molar-refractivity contribution >= 4 is 23.1 Å². The summed E-state index contributed by atoms with van der Waals surface area (Å²) in [6.45, 7) is 0. The highest BCUT2D eigenvalue weighted by atomic mass is 32.2. The predicted octanol–water partition coefficient (Wildman–Crippen LogP) is 0.805. The topological polar surface area (TPSA) is 38.7 Å². The number of thioether (sulfide) groups is 1. The molecule has 0 aliphatic carbocycles. The standard InChI is InChI=1S/C11H9NO2S/c1-14-11(13)10-6-12-9-5-3-2-4-8(9)7-15-10/h2-7H,1H3. The van der Waals surface area contributed by atoms with E-state index in [9.17, 15) is 4.79 Å². The minimum Gasteiger partial charge on any atom is -0.465 e. The number of hydrogen-bond acceptors (Lipinski definition) is 4. The Bertz CT molecular complexity index is 534. The van der Waals surface area contributed by atoms with Crippen molar-refractivity contribution in [2.75, 3.05) is 7.11 Å². The number of carbonyl (C=O) groups excluding carboxylic acids is 1. The van der Waals surface area contributed by atoms with Gasteiger partial charge in [-0.3, -0.25) is 4.99 Å². The van der Waals surface area contributed by atoms with Crippen molar-refractivity contribution in [3.63, 3.8) is 0 Å². The number of benzene rings is 1. The van der Waals surface area contributed by atoms with Crippen molar-refractivity contribution in [2.24, 2.45) is 4.99 Å². The van der Waals surface area contributed by atoms with Gasteiger partial charge in [0.25, 0.3) is 0 Å². The molecule has 0 atom stereocenters. The summed E-state index contributed by atoms with van der Waals surface area (Å²) < 4.78 is 4.64. The summed E-state index contributed by atoms with van der Waals surface area (Å²) in [7, 11) is 1.36. The van der Waals surface area contributed by atoms with Gasteiger partial charge >= 0.3 is 5.97 Å². The van der Waals surface area contributed by atoms with E-state index in [4.69, 9.17) is 0 Å². The fourth-order valence-corrected chi connectivity index (χ4v) is 1.94. The highest BCUT2D eigenvalue weighted by Crippen LogP contribution is 2.18. The van der Waals surface area contributed by atoms with Gasteiger partial charge in [0.15, 0.2) is 0 Å². The molecule has 0 saturated carbocycles. The van der Waals surface area contributed by atoms with Crippen LogP contribution in [0.5, 0.6) is 0 Å². The lowest BCUT2D eigenvalue weighted by Gasteiger charge is -1.97. The van der Waals surface area contributed by atoms with Crippen LogP contribution in [0, 0.1) is 0 Å². The molecule has 1 aromatic carbocycles. The van der Waals surface area contributed by atoms with Gasteiger partial charge in [-0.25, -0.2) is 4.79 Å². The molecule has 3 nitrogen and oxygen atoms in total. The number of nitrogens with zero attached hydrogens (tertiary/aromatic N) is 1. The van der Waals surface area contributed by atoms with Crippen LogP contribution in [-0.4, -0.2) is 13.1 Å². The molecule has 0 radical (unpaired) electrons. The van der Waals surface area contributed by atoms with Crippen molar-refractivity contribution in [2.45, 2.75) is 0 Å². The lowest BCUT2D eigenvalue weighted by atomic mass is 10.3. The summed E-state index contributed by atoms with van der Waals surface area (Å²) in [5, 5.41) is 3.77. The molecule has 0 saturated heterocycles. The van der Waals surface area contributed by atoms with E-state index in [1.807, 2.05) is 29.7 Å². The maximum absolute atomic E-state index is 11.3. The van der Waals surface area contributed by atoms with Gasteiger partial charge in [-0.1, -0.05) is 30.0 Å². The van der Waals surface area contributed by atoms with Crippen LogP contribution in [0.4, 0.5) is 0 Å². The van der Waals surface area contributed by atoms with E-state index in [1.54, 1.807) is 6.20 Å². The first-order valence-corrected chi connectivity index (χ1v) is 5.27. The van der Waals surface area contributed by atoms with Crippen LogP contribution in [0.25, 0.3) is 5.41 Å². The molecule has 1 heterocycles. The molecule has 0 amide bonds. The number of ether oxygens (including phenoxy) is 1. The number of carbonyl (C=O) groups is 1. The van der Waals surface area contributed by atoms with Crippen LogP contribution < -0.4 is 10.6 Å². The monoisotopic (exact) mass is 219 g/mol. The fraction of sp³-hybridized carbons (Fsp3) is 0.0909. The van der Waals surface area contributed by atoms with E-state index in [2.05, 4.69) is 9.73 Å². The SMILES string of the molecule is COC(=O)C1=CN=c2ccccc2=CS1. The number of methoxy groups -OCH3 is 1. The average Bonchev–Trinajstić information content (AvgIpc) is 2.50. The van der Waals surface area contributed by atoms with Gasteiger partial charge in [-0.05, 0) is 11.5 Å². The molecule has 1 aliphatic rings. The van der Waals surface area contributed by atoms with Gasteiger partial charge in [0.05, 0.1) is 12.5 Å². The zero-order valence-corrected chi connectivity index (χ0v) is 8.95. The normalized spacial score (nSPS) is 13.8. The van der Waals surface area contributed by atoms with Crippen LogP contribution in [0.2, 0.25) is 0 Å². The number of fused-ring (bicyclic) bond motifs is 1. The predicted molar refractivity (Wildman–Crippen MR) is 59.4 cm³/mol. The second kappa shape index (κ2) is 4.31. The molecule has 0 N–H and O–H groups in total. The van der Waals surface area contributed by atoms with Gasteiger partial charge in [0.1, 0.15) is 4.91 Å². The molecule has 15 heavy (non-hydrogen) atoms. The maximum Gasteiger partial charge on any atom is 0.346 e. The molecule has 0 spiro atoms. The second-order valence-corrected chi connectivity index (χ2v) is 3.82. The first-order valence-electron chi connectivity index (χ1n) is 4.39. The van der Waals surface area contributed by atoms with Crippen LogP contribution in [0.3, 0.4) is 0 Å². The summed E-state index contributed by atoms with van der Waals surface area (Å²) in [6.07, 6.45) is 1.54. The molecular weight excluding hydrogens is 210 g/mol. The molecule has 4 heteroatoms. The van der Waals surface area contributed by atoms with Crippen molar-refractivity contribution in [3.8, 4) is 0 Å². The summed E-state index contributed by atoms with van der Waals surface area (Å²) in [5.41, 5.74) is 0. The zero-order valence-electron chi connectivity index (χ0n) is 8.14. The summed E-state index contributed by atoms with van der Waals surface area (Å²) in [5.74, 6) is -0.354. The first kappa shape index (κ1) is 9.98. The van der Waals surface area contributed by atoms with E-state index in [-0.39, 0.29) is 5.97 Å². The van der Waals surface area contributed by atoms with Crippen molar-refractivity contribution in [1.82, 2.24) is 0 Å². The third kappa shape index (κ3) is 2.10. The highest BCUT2D eigenvalue weighted by Gasteiger charge is 2.09. The van der Waals surface area contributed by atoms with E-state index < -0.39 is 0 Å². The summed E-state index contributed by atoms with van der Waals surface area (Å²) >= 11 is 1.33. The molecule has 0 bridgehead atoms. The van der Waals surface area contributed by atoms with E-state index in [1.165, 1.54) is 18.9 Å². The largest absolute Gasteiger partial charge is 0.465 e. The van der Waals surface area contributed by atoms with E-state index in [0.717, 1.165) is 10.6 Å². The molecule has 76 valence electrons. The summed E-state index contributed by atoms with van der Waals surface area (Å²) in [4.78, 5) is 16.0. The molecular formula is C11H9NO2S. The molecule has 1 aromatic rings. The van der Waals surface area contributed by atoms with Crippen LogP contribution in [-0.2, 0) is 9.53 Å². The minimum absolute atomic E-state index is 0.354. The Morgan fingerprint density at radius 3 is 3.00 bits per heavy atom. The van der Waals surface area contributed by atoms with Gasteiger partial charge in [0.2, 0.25) is 0 Å². The lowest BCUT2D eigenvalue weighted by Crippen LogP contribution is -2.22. The molecule has 1 aliphatic heterocycles. The highest BCUT2D eigenvalue weighted by molar-refractivity contribution is 8.10. The Labute approximate surface area is 91.2 Å². The van der Waals surface area contributed by atoms with Gasteiger partial charge < -0.3 is 4.74 Å². The van der Waals surface area contributed by atoms with Crippen molar-refractivity contribution in [1.29, 1.82) is 0 Å². The van der Waals surface area contributed by atoms with Gasteiger partial charge in [-0.2, -0.15) is 0 Å². The Hall–Kier alpha value is -1.55. The van der Waals surface area contributed by atoms with Crippen LogP contribution in [0.15, 0.2) is 40.4 Å². The van der Waals surface area contributed by atoms with Crippen molar-refractivity contribution < 1.29 is 9.53 Å². The molecule has 2 rings (SSSR count).